The molecule has 2 amide bonds. The van der Waals surface area contributed by atoms with E-state index >= 15 is 0 Å². The van der Waals surface area contributed by atoms with Crippen molar-refractivity contribution in [2.24, 2.45) is 0 Å². The van der Waals surface area contributed by atoms with Gasteiger partial charge in [-0.15, -0.1) is 0 Å². The molecule has 2 N–H and O–H groups in total. The van der Waals surface area contributed by atoms with Gasteiger partial charge in [-0.1, -0.05) is 18.5 Å². The van der Waals surface area contributed by atoms with Crippen molar-refractivity contribution in [3.63, 3.8) is 0 Å². The van der Waals surface area contributed by atoms with Crippen LogP contribution in [-0.4, -0.2) is 38.7 Å². The number of carbonyl (C=O) groups is 2. The molecule has 0 aliphatic carbocycles. The third-order valence-corrected chi connectivity index (χ3v) is 2.82. The zero-order valence-corrected chi connectivity index (χ0v) is 12.8. The van der Waals surface area contributed by atoms with Crippen LogP contribution in [0.3, 0.4) is 0 Å². The fraction of sp³-hybridized carbons (Fsp3) is 0.429. The lowest BCUT2D eigenvalue weighted by atomic mass is 10.3. The zero-order valence-electron chi connectivity index (χ0n) is 12.1. The Labute approximate surface area is 128 Å². The maximum Gasteiger partial charge on any atom is 0.243 e. The van der Waals surface area contributed by atoms with Crippen LogP contribution >= 0.6 is 11.6 Å². The van der Waals surface area contributed by atoms with E-state index in [4.69, 9.17) is 21.1 Å². The molecule has 116 valence electrons. The third kappa shape index (κ3) is 6.46. The maximum absolute atomic E-state index is 11.6. The smallest absolute Gasteiger partial charge is 0.243 e. The maximum atomic E-state index is 11.6. The molecule has 0 fully saturated rings. The summed E-state index contributed by atoms with van der Waals surface area (Å²) in [6.07, 6.45) is 0.340. The van der Waals surface area contributed by atoms with Crippen LogP contribution in [-0.2, 0) is 14.3 Å². The van der Waals surface area contributed by atoms with Crippen LogP contribution in [0.4, 0.5) is 5.69 Å². The summed E-state index contributed by atoms with van der Waals surface area (Å²) in [7, 11) is 1.58. The highest BCUT2D eigenvalue weighted by molar-refractivity contribution is 6.32. The topological polar surface area (TPSA) is 76.7 Å². The lowest BCUT2D eigenvalue weighted by Gasteiger charge is -2.10. The van der Waals surface area contributed by atoms with Crippen LogP contribution in [0.25, 0.3) is 0 Å². The molecule has 21 heavy (non-hydrogen) atoms. The first kappa shape index (κ1) is 17.3. The van der Waals surface area contributed by atoms with Gasteiger partial charge in [0.15, 0.2) is 0 Å². The molecule has 1 aromatic rings. The monoisotopic (exact) mass is 314 g/mol. The number of benzene rings is 1. The van der Waals surface area contributed by atoms with Gasteiger partial charge in [-0.3, -0.25) is 9.59 Å². The highest BCUT2D eigenvalue weighted by Gasteiger charge is 2.07. The number of hydrogen-bond acceptors (Lipinski definition) is 4. The van der Waals surface area contributed by atoms with Gasteiger partial charge in [0, 0.05) is 19.2 Å². The van der Waals surface area contributed by atoms with Gasteiger partial charge in [0.05, 0.1) is 18.2 Å². The molecule has 1 aromatic carbocycles. The van der Waals surface area contributed by atoms with Crippen LogP contribution in [0.5, 0.6) is 5.75 Å². The van der Waals surface area contributed by atoms with Crippen molar-refractivity contribution in [2.75, 3.05) is 32.2 Å². The van der Waals surface area contributed by atoms with E-state index in [1.165, 1.54) is 0 Å². The number of methoxy groups -OCH3 is 1. The number of hydrogen-bond donors (Lipinski definition) is 2. The Bertz CT molecular complexity index is 494. The second kappa shape index (κ2) is 9.20. The normalized spacial score (nSPS) is 10.0. The minimum Gasteiger partial charge on any atom is -0.490 e. The Balaban J connectivity index is 2.51. The molecule has 0 heterocycles. The number of ether oxygens (including phenoxy) is 2. The molecule has 7 heteroatoms. The van der Waals surface area contributed by atoms with Gasteiger partial charge in [0.25, 0.3) is 0 Å². The molecule has 0 aromatic heterocycles. The summed E-state index contributed by atoms with van der Waals surface area (Å²) in [6.45, 7) is 2.50. The third-order valence-electron chi connectivity index (χ3n) is 2.53. The van der Waals surface area contributed by atoms with Gasteiger partial charge in [-0.2, -0.15) is 0 Å². The molecule has 0 radical (unpaired) electrons. The number of nitrogens with one attached hydrogen (secondary N) is 2. The largest absolute Gasteiger partial charge is 0.490 e. The first-order valence-corrected chi connectivity index (χ1v) is 6.92. The van der Waals surface area contributed by atoms with Crippen molar-refractivity contribution in [3.8, 4) is 5.75 Å². The van der Waals surface area contributed by atoms with E-state index in [2.05, 4.69) is 10.6 Å². The van der Waals surface area contributed by atoms with Crippen molar-refractivity contribution < 1.29 is 19.1 Å². The Morgan fingerprint density at radius 3 is 2.62 bits per heavy atom. The molecule has 1 rings (SSSR count). The summed E-state index contributed by atoms with van der Waals surface area (Å²) in [6, 6.07) is 4.93. The van der Waals surface area contributed by atoms with Crippen molar-refractivity contribution >= 4 is 29.1 Å². The van der Waals surface area contributed by atoms with E-state index in [-0.39, 0.29) is 18.4 Å². The zero-order chi connectivity index (χ0) is 15.7. The first-order valence-electron chi connectivity index (χ1n) is 6.54. The van der Waals surface area contributed by atoms with E-state index in [1.807, 2.05) is 0 Å². The quantitative estimate of drug-likeness (QED) is 0.718. The van der Waals surface area contributed by atoms with E-state index < -0.39 is 0 Å². The minimum absolute atomic E-state index is 0.0730. The lowest BCUT2D eigenvalue weighted by molar-refractivity contribution is -0.123. The fourth-order valence-corrected chi connectivity index (χ4v) is 1.67. The number of anilines is 1. The van der Waals surface area contributed by atoms with Crippen molar-refractivity contribution in [2.45, 2.75) is 13.3 Å². The summed E-state index contributed by atoms with van der Waals surface area (Å²) < 4.78 is 10.3. The summed E-state index contributed by atoms with van der Waals surface area (Å²) in [5.74, 6) is 0.0250. The highest BCUT2D eigenvalue weighted by atomic mass is 35.5. The average molecular weight is 315 g/mol. The molecular formula is C14H19ClN2O4. The number of halogens is 1. The molecule has 0 unspecified atom stereocenters. The molecule has 0 aliphatic heterocycles. The van der Waals surface area contributed by atoms with Crippen molar-refractivity contribution in [1.29, 1.82) is 0 Å². The van der Waals surface area contributed by atoms with E-state index in [0.717, 1.165) is 0 Å². The highest BCUT2D eigenvalue weighted by Crippen LogP contribution is 2.27. The summed E-state index contributed by atoms with van der Waals surface area (Å²) in [5, 5.41) is 5.52. The van der Waals surface area contributed by atoms with Gasteiger partial charge < -0.3 is 20.1 Å². The predicted octanol–water partition coefficient (Wildman–Crippen LogP) is 1.83. The lowest BCUT2D eigenvalue weighted by Crippen LogP contribution is -2.32. The van der Waals surface area contributed by atoms with E-state index in [0.29, 0.717) is 36.1 Å². The van der Waals surface area contributed by atoms with Gasteiger partial charge in [-0.05, 0) is 18.2 Å². The summed E-state index contributed by atoms with van der Waals surface area (Å²) >= 11 is 6.05. The average Bonchev–Trinajstić information content (AvgIpc) is 2.47. The van der Waals surface area contributed by atoms with Crippen LogP contribution in [0.1, 0.15) is 13.3 Å². The molecular weight excluding hydrogens is 296 g/mol. The van der Waals surface area contributed by atoms with Gasteiger partial charge in [0.2, 0.25) is 11.8 Å². The second-order valence-corrected chi connectivity index (χ2v) is 4.57. The van der Waals surface area contributed by atoms with E-state index in [9.17, 15) is 9.59 Å². The first-order chi connectivity index (χ1) is 10.1. The summed E-state index contributed by atoms with van der Waals surface area (Å²) in [4.78, 5) is 22.7. The standard InChI is InChI=1S/C14H19ClN2O4/c1-3-13(18)16-9-14(19)17-10-4-5-12(11(15)8-10)21-7-6-20-2/h4-5,8H,3,6-7,9H2,1-2H3,(H,16,18)(H,17,19). The Morgan fingerprint density at radius 1 is 1.24 bits per heavy atom. The number of carbonyl (C=O) groups excluding carboxylic acids is 2. The summed E-state index contributed by atoms with van der Waals surface area (Å²) in [5.41, 5.74) is 0.537. The number of amides is 2. The van der Waals surface area contributed by atoms with E-state index in [1.54, 1.807) is 32.2 Å². The van der Waals surface area contributed by atoms with Gasteiger partial charge >= 0.3 is 0 Å². The molecule has 0 saturated heterocycles. The van der Waals surface area contributed by atoms with Crippen molar-refractivity contribution in [3.05, 3.63) is 23.2 Å². The van der Waals surface area contributed by atoms with Crippen LogP contribution < -0.4 is 15.4 Å². The predicted molar refractivity (Wildman–Crippen MR) is 80.8 cm³/mol. The SMILES string of the molecule is CCC(=O)NCC(=O)Nc1ccc(OCCOC)c(Cl)c1. The van der Waals surface area contributed by atoms with Crippen LogP contribution in [0, 0.1) is 0 Å². The second-order valence-electron chi connectivity index (χ2n) is 4.16. The van der Waals surface area contributed by atoms with Crippen molar-refractivity contribution in [1.82, 2.24) is 5.32 Å². The minimum atomic E-state index is -0.319. The molecule has 0 bridgehead atoms. The molecule has 0 saturated carbocycles. The molecule has 6 nitrogen and oxygen atoms in total. The number of rotatable bonds is 8. The van der Waals surface area contributed by atoms with Crippen LogP contribution in [0.15, 0.2) is 18.2 Å². The van der Waals surface area contributed by atoms with Gasteiger partial charge in [0.1, 0.15) is 12.4 Å². The Morgan fingerprint density at radius 2 is 2.00 bits per heavy atom. The van der Waals surface area contributed by atoms with Gasteiger partial charge in [-0.25, -0.2) is 0 Å². The molecule has 0 spiro atoms. The van der Waals surface area contributed by atoms with Crippen LogP contribution in [0.2, 0.25) is 5.02 Å². The Kier molecular flexibility index (Phi) is 7.56. The molecule has 0 aliphatic rings. The fourth-order valence-electron chi connectivity index (χ4n) is 1.44. The molecule has 0 atom stereocenters. The Hall–Kier alpha value is -1.79.